The van der Waals surface area contributed by atoms with Crippen molar-refractivity contribution in [2.45, 2.75) is 6.04 Å². The normalized spacial score (nSPS) is 17.9. The van der Waals surface area contributed by atoms with Gasteiger partial charge in [-0.25, -0.2) is 0 Å². The Morgan fingerprint density at radius 2 is 1.95 bits per heavy atom. The van der Waals surface area contributed by atoms with Crippen molar-refractivity contribution in [3.63, 3.8) is 0 Å². The number of benzene rings is 1. The minimum absolute atomic E-state index is 0.00630. The Morgan fingerprint density at radius 3 is 2.53 bits per heavy atom. The van der Waals surface area contributed by atoms with Gasteiger partial charge in [-0.15, -0.1) is 0 Å². The molecule has 0 saturated carbocycles. The Balaban J connectivity index is 1.85. The zero-order valence-corrected chi connectivity index (χ0v) is 10.4. The predicted molar refractivity (Wildman–Crippen MR) is 69.7 cm³/mol. The van der Waals surface area contributed by atoms with Crippen LogP contribution in [-0.4, -0.2) is 29.1 Å². The minimum atomic E-state index is -0.720. The molecule has 1 aromatic carbocycles. The van der Waals surface area contributed by atoms with Gasteiger partial charge in [0, 0.05) is 13.1 Å². The van der Waals surface area contributed by atoms with Crippen molar-refractivity contribution in [2.24, 2.45) is 5.92 Å². The predicted octanol–water partition coefficient (Wildman–Crippen LogP) is 2.39. The van der Waals surface area contributed by atoms with Crippen molar-refractivity contribution < 1.29 is 14.3 Å². The van der Waals surface area contributed by atoms with E-state index in [0.717, 1.165) is 11.3 Å². The summed E-state index contributed by atoms with van der Waals surface area (Å²) in [4.78, 5) is 13.1. The van der Waals surface area contributed by atoms with Gasteiger partial charge in [-0.05, 0) is 17.7 Å². The van der Waals surface area contributed by atoms with Gasteiger partial charge < -0.3 is 9.52 Å². The van der Waals surface area contributed by atoms with Crippen LogP contribution >= 0.6 is 0 Å². The molecule has 0 bridgehead atoms. The van der Waals surface area contributed by atoms with Gasteiger partial charge in [-0.2, -0.15) is 0 Å². The van der Waals surface area contributed by atoms with Crippen molar-refractivity contribution in [2.75, 3.05) is 13.1 Å². The van der Waals surface area contributed by atoms with E-state index in [0.29, 0.717) is 13.1 Å². The molecule has 1 aromatic heterocycles. The highest BCUT2D eigenvalue weighted by atomic mass is 16.4. The van der Waals surface area contributed by atoms with Gasteiger partial charge in [0.05, 0.1) is 18.2 Å². The third-order valence-electron chi connectivity index (χ3n) is 3.55. The standard InChI is InChI=1S/C15H15NO3/c17-15(18)12-9-16(10-12)14(13-7-4-8-19-13)11-5-2-1-3-6-11/h1-8,12,14H,9-10H2,(H,17,18). The summed E-state index contributed by atoms with van der Waals surface area (Å²) in [7, 11) is 0. The molecular weight excluding hydrogens is 242 g/mol. The lowest BCUT2D eigenvalue weighted by atomic mass is 9.93. The fourth-order valence-corrected chi connectivity index (χ4v) is 2.52. The Morgan fingerprint density at radius 1 is 1.21 bits per heavy atom. The van der Waals surface area contributed by atoms with Crippen LogP contribution in [0.5, 0.6) is 0 Å². The molecule has 2 heterocycles. The topological polar surface area (TPSA) is 53.7 Å². The molecule has 4 nitrogen and oxygen atoms in total. The molecule has 1 aliphatic rings. The second-order valence-electron chi connectivity index (χ2n) is 4.82. The van der Waals surface area contributed by atoms with E-state index in [1.165, 1.54) is 0 Å². The smallest absolute Gasteiger partial charge is 0.309 e. The van der Waals surface area contributed by atoms with Crippen molar-refractivity contribution in [1.82, 2.24) is 4.90 Å². The van der Waals surface area contributed by atoms with Gasteiger partial charge in [0.25, 0.3) is 0 Å². The molecule has 0 radical (unpaired) electrons. The number of rotatable bonds is 4. The second kappa shape index (κ2) is 4.90. The Labute approximate surface area is 111 Å². The summed E-state index contributed by atoms with van der Waals surface area (Å²) in [5.74, 6) is -0.126. The van der Waals surface area contributed by atoms with E-state index in [-0.39, 0.29) is 12.0 Å². The summed E-state index contributed by atoms with van der Waals surface area (Å²) < 4.78 is 5.51. The fraction of sp³-hybridized carbons (Fsp3) is 0.267. The highest BCUT2D eigenvalue weighted by Crippen LogP contribution is 2.34. The van der Waals surface area contributed by atoms with Gasteiger partial charge in [0.1, 0.15) is 5.76 Å². The number of carbonyl (C=O) groups is 1. The number of furan rings is 1. The van der Waals surface area contributed by atoms with Crippen molar-refractivity contribution in [1.29, 1.82) is 0 Å². The molecule has 0 amide bonds. The quantitative estimate of drug-likeness (QED) is 0.913. The van der Waals surface area contributed by atoms with Gasteiger partial charge in [0.15, 0.2) is 0 Å². The Hall–Kier alpha value is -2.07. The summed E-state index contributed by atoms with van der Waals surface area (Å²) in [5, 5.41) is 8.98. The molecule has 1 saturated heterocycles. The number of hydrogen-bond acceptors (Lipinski definition) is 3. The molecule has 1 fully saturated rings. The third kappa shape index (κ3) is 2.27. The fourth-order valence-electron chi connectivity index (χ4n) is 2.52. The minimum Gasteiger partial charge on any atom is -0.481 e. The lowest BCUT2D eigenvalue weighted by Gasteiger charge is -2.41. The van der Waals surface area contributed by atoms with Crippen molar-refractivity contribution in [3.05, 3.63) is 60.1 Å². The van der Waals surface area contributed by atoms with Gasteiger partial charge >= 0.3 is 5.97 Å². The molecule has 0 aliphatic carbocycles. The number of likely N-dealkylation sites (tertiary alicyclic amines) is 1. The third-order valence-corrected chi connectivity index (χ3v) is 3.55. The van der Waals surface area contributed by atoms with Crippen LogP contribution < -0.4 is 0 Å². The van der Waals surface area contributed by atoms with E-state index >= 15 is 0 Å². The maximum absolute atomic E-state index is 10.9. The van der Waals surface area contributed by atoms with E-state index in [4.69, 9.17) is 9.52 Å². The molecule has 0 spiro atoms. The number of aliphatic carboxylic acids is 1. The average Bonchev–Trinajstić information content (AvgIpc) is 2.87. The lowest BCUT2D eigenvalue weighted by Crippen LogP contribution is -2.51. The van der Waals surface area contributed by atoms with Crippen LogP contribution in [0.2, 0.25) is 0 Å². The van der Waals surface area contributed by atoms with E-state index < -0.39 is 5.97 Å². The summed E-state index contributed by atoms with van der Waals surface area (Å²) in [6.07, 6.45) is 1.65. The maximum atomic E-state index is 10.9. The first-order chi connectivity index (χ1) is 9.25. The second-order valence-corrected chi connectivity index (χ2v) is 4.82. The molecule has 1 aliphatic heterocycles. The molecule has 2 aromatic rings. The Kier molecular flexibility index (Phi) is 3.09. The number of carboxylic acid groups (broad SMARTS) is 1. The molecule has 1 N–H and O–H groups in total. The largest absolute Gasteiger partial charge is 0.481 e. The van der Waals surface area contributed by atoms with Gasteiger partial charge in [0.2, 0.25) is 0 Å². The van der Waals surface area contributed by atoms with Crippen LogP contribution in [-0.2, 0) is 4.79 Å². The van der Waals surface area contributed by atoms with E-state index in [1.54, 1.807) is 6.26 Å². The van der Waals surface area contributed by atoms with Crippen LogP contribution in [0.4, 0.5) is 0 Å². The van der Waals surface area contributed by atoms with Gasteiger partial charge in [-0.3, -0.25) is 9.69 Å². The van der Waals surface area contributed by atoms with E-state index in [1.807, 2.05) is 42.5 Å². The van der Waals surface area contributed by atoms with E-state index in [2.05, 4.69) is 4.90 Å². The summed E-state index contributed by atoms with van der Waals surface area (Å²) in [5.41, 5.74) is 1.13. The molecule has 1 atom stereocenters. The lowest BCUT2D eigenvalue weighted by molar-refractivity contribution is -0.148. The van der Waals surface area contributed by atoms with Crippen LogP contribution in [0.25, 0.3) is 0 Å². The molecule has 3 rings (SSSR count). The first-order valence-electron chi connectivity index (χ1n) is 6.31. The highest BCUT2D eigenvalue weighted by molar-refractivity contribution is 5.71. The zero-order chi connectivity index (χ0) is 13.2. The summed E-state index contributed by atoms with van der Waals surface area (Å²) in [6, 6.07) is 13.8. The van der Waals surface area contributed by atoms with Crippen LogP contribution in [0.3, 0.4) is 0 Å². The maximum Gasteiger partial charge on any atom is 0.309 e. The average molecular weight is 257 g/mol. The molecule has 19 heavy (non-hydrogen) atoms. The molecule has 98 valence electrons. The van der Waals surface area contributed by atoms with Crippen LogP contribution in [0.15, 0.2) is 53.1 Å². The molecule has 4 heteroatoms. The SMILES string of the molecule is O=C(O)C1CN(C(c2ccccc2)c2ccco2)C1. The van der Waals surface area contributed by atoms with Crippen LogP contribution in [0, 0.1) is 5.92 Å². The first-order valence-corrected chi connectivity index (χ1v) is 6.31. The van der Waals surface area contributed by atoms with Crippen LogP contribution in [0.1, 0.15) is 17.4 Å². The van der Waals surface area contributed by atoms with Crippen molar-refractivity contribution in [3.8, 4) is 0 Å². The first kappa shape index (κ1) is 12.0. The molecular formula is C15H15NO3. The number of nitrogens with zero attached hydrogens (tertiary/aromatic N) is 1. The number of carboxylic acids is 1. The summed E-state index contributed by atoms with van der Waals surface area (Å²) >= 11 is 0. The number of hydrogen-bond donors (Lipinski definition) is 1. The monoisotopic (exact) mass is 257 g/mol. The van der Waals surface area contributed by atoms with E-state index in [9.17, 15) is 4.79 Å². The highest BCUT2D eigenvalue weighted by Gasteiger charge is 2.38. The van der Waals surface area contributed by atoms with Crippen molar-refractivity contribution >= 4 is 5.97 Å². The zero-order valence-electron chi connectivity index (χ0n) is 10.4. The van der Waals surface area contributed by atoms with Gasteiger partial charge in [-0.1, -0.05) is 30.3 Å². The molecule has 1 unspecified atom stereocenters. The Bertz CT molecular complexity index is 544. The summed E-state index contributed by atoms with van der Waals surface area (Å²) in [6.45, 7) is 1.13.